The van der Waals surface area contributed by atoms with E-state index in [1.807, 2.05) is 0 Å². The van der Waals surface area contributed by atoms with Crippen LogP contribution in [0.15, 0.2) is 18.2 Å². The Morgan fingerprint density at radius 3 is 2.71 bits per heavy atom. The maximum atomic E-state index is 13.3. The van der Waals surface area contributed by atoms with Gasteiger partial charge in [0, 0.05) is 17.1 Å². The van der Waals surface area contributed by atoms with Crippen LogP contribution in [-0.4, -0.2) is 11.7 Å². The topological polar surface area (TPSA) is 38.3 Å². The van der Waals surface area contributed by atoms with Crippen LogP contribution in [0.5, 0.6) is 0 Å². The lowest BCUT2D eigenvalue weighted by Crippen LogP contribution is -2.32. The van der Waals surface area contributed by atoms with Gasteiger partial charge >= 0.3 is 6.09 Å². The highest BCUT2D eigenvalue weighted by atomic mass is 35.5. The minimum atomic E-state index is -0.586. The van der Waals surface area contributed by atoms with Crippen molar-refractivity contribution in [1.29, 1.82) is 0 Å². The first-order valence-corrected chi connectivity index (χ1v) is 5.56. The van der Waals surface area contributed by atoms with E-state index in [4.69, 9.17) is 16.3 Å². The minimum absolute atomic E-state index is 0.0430. The molecular formula is C12H15ClFNO2. The molecule has 0 atom stereocenters. The van der Waals surface area contributed by atoms with Crippen LogP contribution < -0.4 is 5.32 Å². The van der Waals surface area contributed by atoms with Crippen molar-refractivity contribution < 1.29 is 13.9 Å². The fourth-order valence-corrected chi connectivity index (χ4v) is 1.36. The second-order valence-electron chi connectivity index (χ2n) is 4.59. The highest BCUT2D eigenvalue weighted by Gasteiger charge is 2.16. The molecule has 94 valence electrons. The Hall–Kier alpha value is -1.29. The quantitative estimate of drug-likeness (QED) is 0.883. The van der Waals surface area contributed by atoms with Gasteiger partial charge in [-0.2, -0.15) is 0 Å². The summed E-state index contributed by atoms with van der Waals surface area (Å²) in [4.78, 5) is 11.3. The van der Waals surface area contributed by atoms with Crippen molar-refractivity contribution in [2.45, 2.75) is 32.9 Å². The molecule has 1 amide bonds. The van der Waals surface area contributed by atoms with Crippen LogP contribution in [-0.2, 0) is 11.3 Å². The molecular weight excluding hydrogens is 245 g/mol. The molecule has 0 heterocycles. The number of halogens is 2. The van der Waals surface area contributed by atoms with Crippen molar-refractivity contribution in [3.05, 3.63) is 34.6 Å². The zero-order chi connectivity index (χ0) is 13.1. The van der Waals surface area contributed by atoms with Crippen LogP contribution >= 0.6 is 11.6 Å². The van der Waals surface area contributed by atoms with Crippen molar-refractivity contribution in [3.8, 4) is 0 Å². The number of carbonyl (C=O) groups excluding carboxylic acids is 1. The summed E-state index contributed by atoms with van der Waals surface area (Å²) in [6.45, 7) is 5.31. The maximum absolute atomic E-state index is 13.3. The lowest BCUT2D eigenvalue weighted by atomic mass is 10.2. The Morgan fingerprint density at radius 2 is 2.12 bits per heavy atom. The number of carbonyl (C=O) groups is 1. The van der Waals surface area contributed by atoms with Gasteiger partial charge in [-0.1, -0.05) is 11.6 Å². The third-order valence-corrected chi connectivity index (χ3v) is 2.06. The van der Waals surface area contributed by atoms with Crippen molar-refractivity contribution in [2.24, 2.45) is 0 Å². The number of nitrogens with one attached hydrogen (secondary N) is 1. The monoisotopic (exact) mass is 259 g/mol. The molecule has 0 fully saturated rings. The third kappa shape index (κ3) is 5.04. The van der Waals surface area contributed by atoms with E-state index in [0.717, 1.165) is 0 Å². The normalized spacial score (nSPS) is 11.1. The van der Waals surface area contributed by atoms with Crippen LogP contribution in [0.3, 0.4) is 0 Å². The Labute approximate surface area is 105 Å². The standard InChI is InChI=1S/C12H15ClFNO2/c1-12(2,3)17-11(16)15-7-8-6-9(13)4-5-10(8)14/h4-6H,7H2,1-3H3,(H,15,16). The first-order chi connectivity index (χ1) is 7.78. The van der Waals surface area contributed by atoms with Gasteiger partial charge in [0.1, 0.15) is 11.4 Å². The van der Waals surface area contributed by atoms with Gasteiger partial charge in [0.15, 0.2) is 0 Å². The number of hydrogen-bond donors (Lipinski definition) is 1. The number of benzene rings is 1. The van der Waals surface area contributed by atoms with Crippen LogP contribution in [0.1, 0.15) is 26.3 Å². The molecule has 0 aliphatic heterocycles. The fourth-order valence-electron chi connectivity index (χ4n) is 1.16. The Morgan fingerprint density at radius 1 is 1.47 bits per heavy atom. The molecule has 3 nitrogen and oxygen atoms in total. The van der Waals surface area contributed by atoms with E-state index in [-0.39, 0.29) is 6.54 Å². The molecule has 1 rings (SSSR count). The zero-order valence-electron chi connectivity index (χ0n) is 10.0. The van der Waals surface area contributed by atoms with Gasteiger partial charge in [-0.15, -0.1) is 0 Å². The van der Waals surface area contributed by atoms with Crippen LogP contribution in [0.2, 0.25) is 5.02 Å². The lowest BCUT2D eigenvalue weighted by Gasteiger charge is -2.19. The number of hydrogen-bond acceptors (Lipinski definition) is 2. The molecule has 0 spiro atoms. The number of alkyl carbamates (subject to hydrolysis) is 1. The molecule has 0 aliphatic rings. The predicted octanol–water partition coefficient (Wildman–Crippen LogP) is 3.50. The first-order valence-electron chi connectivity index (χ1n) is 5.19. The number of amides is 1. The molecule has 5 heteroatoms. The highest BCUT2D eigenvalue weighted by Crippen LogP contribution is 2.15. The molecule has 0 aromatic heterocycles. The second kappa shape index (κ2) is 5.36. The van der Waals surface area contributed by atoms with Crippen LogP contribution in [0.25, 0.3) is 0 Å². The van der Waals surface area contributed by atoms with E-state index < -0.39 is 17.5 Å². The first kappa shape index (κ1) is 13.8. The molecule has 1 N–H and O–H groups in total. The Balaban J connectivity index is 2.56. The predicted molar refractivity (Wildman–Crippen MR) is 64.5 cm³/mol. The van der Waals surface area contributed by atoms with Crippen molar-refractivity contribution >= 4 is 17.7 Å². The molecule has 1 aromatic carbocycles. The van der Waals surface area contributed by atoms with Gasteiger partial charge in [0.2, 0.25) is 0 Å². The maximum Gasteiger partial charge on any atom is 0.407 e. The van der Waals surface area contributed by atoms with Crippen molar-refractivity contribution in [3.63, 3.8) is 0 Å². The largest absolute Gasteiger partial charge is 0.444 e. The molecule has 0 radical (unpaired) electrons. The summed E-state index contributed by atoms with van der Waals surface area (Å²) in [6.07, 6.45) is -0.586. The van der Waals surface area contributed by atoms with E-state index in [1.165, 1.54) is 18.2 Å². The molecule has 0 saturated carbocycles. The minimum Gasteiger partial charge on any atom is -0.444 e. The Kier molecular flexibility index (Phi) is 4.34. The Bertz CT molecular complexity index is 415. The SMILES string of the molecule is CC(C)(C)OC(=O)NCc1cc(Cl)ccc1F. The van der Waals surface area contributed by atoms with E-state index in [1.54, 1.807) is 20.8 Å². The fraction of sp³-hybridized carbons (Fsp3) is 0.417. The molecule has 0 saturated heterocycles. The summed E-state index contributed by atoms with van der Waals surface area (Å²) in [5.41, 5.74) is -0.250. The summed E-state index contributed by atoms with van der Waals surface area (Å²) < 4.78 is 18.3. The molecule has 1 aromatic rings. The number of ether oxygens (including phenoxy) is 1. The van der Waals surface area contributed by atoms with Gasteiger partial charge < -0.3 is 10.1 Å². The third-order valence-electron chi connectivity index (χ3n) is 1.83. The smallest absolute Gasteiger partial charge is 0.407 e. The van der Waals surface area contributed by atoms with E-state index in [2.05, 4.69) is 5.32 Å². The molecule has 0 bridgehead atoms. The van der Waals surface area contributed by atoms with Gasteiger partial charge in [-0.25, -0.2) is 9.18 Å². The summed E-state index contributed by atoms with van der Waals surface area (Å²) in [5, 5.41) is 2.89. The van der Waals surface area contributed by atoms with Gasteiger partial charge in [0.25, 0.3) is 0 Å². The van der Waals surface area contributed by atoms with Crippen molar-refractivity contribution in [1.82, 2.24) is 5.32 Å². The zero-order valence-corrected chi connectivity index (χ0v) is 10.8. The molecule has 0 aliphatic carbocycles. The van der Waals surface area contributed by atoms with Crippen LogP contribution in [0.4, 0.5) is 9.18 Å². The summed E-state index contributed by atoms with van der Waals surface area (Å²) in [6, 6.07) is 4.18. The van der Waals surface area contributed by atoms with Gasteiger partial charge in [-0.3, -0.25) is 0 Å². The summed E-state index contributed by atoms with van der Waals surface area (Å²) in [5.74, 6) is -0.412. The highest BCUT2D eigenvalue weighted by molar-refractivity contribution is 6.30. The second-order valence-corrected chi connectivity index (χ2v) is 5.03. The molecule has 17 heavy (non-hydrogen) atoms. The van der Waals surface area contributed by atoms with E-state index in [0.29, 0.717) is 10.6 Å². The van der Waals surface area contributed by atoms with Gasteiger partial charge in [-0.05, 0) is 39.0 Å². The average molecular weight is 260 g/mol. The van der Waals surface area contributed by atoms with Gasteiger partial charge in [0.05, 0.1) is 0 Å². The van der Waals surface area contributed by atoms with Crippen LogP contribution in [0, 0.1) is 5.82 Å². The summed E-state index contributed by atoms with van der Waals surface area (Å²) in [7, 11) is 0. The van der Waals surface area contributed by atoms with E-state index >= 15 is 0 Å². The lowest BCUT2D eigenvalue weighted by molar-refractivity contribution is 0.0523. The number of rotatable bonds is 2. The van der Waals surface area contributed by atoms with E-state index in [9.17, 15) is 9.18 Å². The average Bonchev–Trinajstić information content (AvgIpc) is 2.17. The summed E-state index contributed by atoms with van der Waals surface area (Å²) >= 11 is 5.73. The molecule has 0 unspecified atom stereocenters. The van der Waals surface area contributed by atoms with Crippen molar-refractivity contribution in [2.75, 3.05) is 0 Å².